The average Bonchev–Trinajstić information content (AvgIpc) is 2.75. The Labute approximate surface area is 171 Å². The second-order valence-corrected chi connectivity index (χ2v) is 7.68. The summed E-state index contributed by atoms with van der Waals surface area (Å²) in [5.41, 5.74) is 2.99. The third-order valence-electron chi connectivity index (χ3n) is 5.43. The molecule has 1 heterocycles. The van der Waals surface area contributed by atoms with E-state index in [1.807, 2.05) is 36.4 Å². The zero-order chi connectivity index (χ0) is 20.1. The molecule has 1 aliphatic rings. The van der Waals surface area contributed by atoms with Gasteiger partial charge in [0.05, 0.1) is 5.52 Å². The van der Waals surface area contributed by atoms with Crippen molar-refractivity contribution in [3.8, 4) is 0 Å². The number of nitrogens with one attached hydrogen (secondary N) is 3. The first-order valence-electron chi connectivity index (χ1n) is 10.3. The number of hydrogen-bond donors (Lipinski definition) is 3. The standard InChI is InChI=1S/C23H27N5O/c1-16(17-8-4-2-5-9-17)25-20-13-12-18-15-24-22(27-21(18)14-20)28-23(29)26-19-10-6-3-7-11-19/h2,4-5,8-9,12-16,19,25H,3,6-7,10-11H2,1H3,(H2,24,26,27,28,29). The molecule has 3 aromatic rings. The lowest BCUT2D eigenvalue weighted by Gasteiger charge is -2.22. The van der Waals surface area contributed by atoms with E-state index in [1.165, 1.54) is 24.8 Å². The Bertz CT molecular complexity index is 969. The molecular weight excluding hydrogens is 362 g/mol. The maximum atomic E-state index is 12.3. The highest BCUT2D eigenvalue weighted by Crippen LogP contribution is 2.23. The van der Waals surface area contributed by atoms with Crippen LogP contribution in [0.3, 0.4) is 0 Å². The zero-order valence-electron chi connectivity index (χ0n) is 16.7. The molecule has 4 rings (SSSR count). The normalized spacial score (nSPS) is 15.6. The fourth-order valence-corrected chi connectivity index (χ4v) is 3.82. The summed E-state index contributed by atoms with van der Waals surface area (Å²) in [6.45, 7) is 2.13. The summed E-state index contributed by atoms with van der Waals surface area (Å²) in [6, 6.07) is 16.5. The molecular formula is C23H27N5O. The zero-order valence-corrected chi connectivity index (χ0v) is 16.7. The summed E-state index contributed by atoms with van der Waals surface area (Å²) in [5.74, 6) is 0.319. The second-order valence-electron chi connectivity index (χ2n) is 7.68. The number of fused-ring (bicyclic) bond motifs is 1. The fourth-order valence-electron chi connectivity index (χ4n) is 3.82. The van der Waals surface area contributed by atoms with E-state index in [2.05, 4.69) is 45.0 Å². The van der Waals surface area contributed by atoms with E-state index in [-0.39, 0.29) is 18.1 Å². The maximum Gasteiger partial charge on any atom is 0.321 e. The van der Waals surface area contributed by atoms with E-state index in [0.717, 1.165) is 29.4 Å². The van der Waals surface area contributed by atoms with Crippen molar-refractivity contribution >= 4 is 28.6 Å². The van der Waals surface area contributed by atoms with E-state index in [4.69, 9.17) is 0 Å². The van der Waals surface area contributed by atoms with Crippen molar-refractivity contribution in [2.24, 2.45) is 0 Å². The molecule has 1 atom stereocenters. The predicted molar refractivity (Wildman–Crippen MR) is 117 cm³/mol. The van der Waals surface area contributed by atoms with E-state index in [1.54, 1.807) is 6.20 Å². The van der Waals surface area contributed by atoms with Crippen LogP contribution in [0.25, 0.3) is 10.9 Å². The van der Waals surface area contributed by atoms with Crippen molar-refractivity contribution < 1.29 is 4.79 Å². The largest absolute Gasteiger partial charge is 0.378 e. The molecule has 2 amide bonds. The molecule has 0 saturated heterocycles. The van der Waals surface area contributed by atoms with Crippen LogP contribution in [0.5, 0.6) is 0 Å². The molecule has 6 heteroatoms. The molecule has 6 nitrogen and oxygen atoms in total. The van der Waals surface area contributed by atoms with Gasteiger partial charge in [0.15, 0.2) is 0 Å². The van der Waals surface area contributed by atoms with Crippen molar-refractivity contribution in [2.75, 3.05) is 10.6 Å². The van der Waals surface area contributed by atoms with Crippen molar-refractivity contribution in [1.82, 2.24) is 15.3 Å². The number of anilines is 2. The van der Waals surface area contributed by atoms with Gasteiger partial charge in [-0.1, -0.05) is 49.6 Å². The highest BCUT2D eigenvalue weighted by molar-refractivity contribution is 5.89. The van der Waals surface area contributed by atoms with Gasteiger partial charge in [-0.05, 0) is 43.5 Å². The first-order valence-corrected chi connectivity index (χ1v) is 10.3. The summed E-state index contributed by atoms with van der Waals surface area (Å²) < 4.78 is 0. The van der Waals surface area contributed by atoms with Crippen molar-refractivity contribution in [3.63, 3.8) is 0 Å². The summed E-state index contributed by atoms with van der Waals surface area (Å²) in [5, 5.41) is 10.2. The lowest BCUT2D eigenvalue weighted by Crippen LogP contribution is -2.39. The third-order valence-corrected chi connectivity index (χ3v) is 5.43. The quantitative estimate of drug-likeness (QED) is 0.556. The van der Waals surface area contributed by atoms with Gasteiger partial charge in [0.1, 0.15) is 0 Å². The summed E-state index contributed by atoms with van der Waals surface area (Å²) in [7, 11) is 0. The Balaban J connectivity index is 1.44. The van der Waals surface area contributed by atoms with Crippen LogP contribution >= 0.6 is 0 Å². The van der Waals surface area contributed by atoms with E-state index >= 15 is 0 Å². The number of carbonyl (C=O) groups excluding carboxylic acids is 1. The molecule has 0 bridgehead atoms. The number of aromatic nitrogens is 2. The molecule has 1 aliphatic carbocycles. The summed E-state index contributed by atoms with van der Waals surface area (Å²) in [6.07, 6.45) is 7.43. The Morgan fingerprint density at radius 2 is 1.86 bits per heavy atom. The van der Waals surface area contributed by atoms with Gasteiger partial charge in [-0.25, -0.2) is 14.8 Å². The van der Waals surface area contributed by atoms with Gasteiger partial charge in [-0.3, -0.25) is 5.32 Å². The van der Waals surface area contributed by atoms with Crippen LogP contribution in [0, 0.1) is 0 Å². The second kappa shape index (κ2) is 8.90. The van der Waals surface area contributed by atoms with Crippen LogP contribution in [0.2, 0.25) is 0 Å². The predicted octanol–water partition coefficient (Wildman–Crippen LogP) is 5.26. The molecule has 1 saturated carbocycles. The number of benzene rings is 2. The van der Waals surface area contributed by atoms with Crippen LogP contribution in [-0.4, -0.2) is 22.0 Å². The van der Waals surface area contributed by atoms with E-state index < -0.39 is 0 Å². The maximum absolute atomic E-state index is 12.3. The van der Waals surface area contributed by atoms with Crippen molar-refractivity contribution in [1.29, 1.82) is 0 Å². The topological polar surface area (TPSA) is 78.9 Å². The molecule has 3 N–H and O–H groups in total. The number of nitrogens with zero attached hydrogens (tertiary/aromatic N) is 2. The highest BCUT2D eigenvalue weighted by Gasteiger charge is 2.16. The number of amides is 2. The Hall–Kier alpha value is -3.15. The van der Waals surface area contributed by atoms with Crippen LogP contribution in [0.15, 0.2) is 54.7 Å². The highest BCUT2D eigenvalue weighted by atomic mass is 16.2. The first kappa shape index (κ1) is 19.2. The molecule has 0 spiro atoms. The number of carbonyl (C=O) groups is 1. The van der Waals surface area contributed by atoms with Gasteiger partial charge < -0.3 is 10.6 Å². The number of rotatable bonds is 5. The Morgan fingerprint density at radius 3 is 2.66 bits per heavy atom. The summed E-state index contributed by atoms with van der Waals surface area (Å²) in [4.78, 5) is 21.1. The minimum Gasteiger partial charge on any atom is -0.378 e. The molecule has 29 heavy (non-hydrogen) atoms. The monoisotopic (exact) mass is 389 g/mol. The van der Waals surface area contributed by atoms with Gasteiger partial charge in [0, 0.05) is 29.4 Å². The van der Waals surface area contributed by atoms with E-state index in [0.29, 0.717) is 5.95 Å². The molecule has 2 aromatic carbocycles. The average molecular weight is 390 g/mol. The van der Waals surface area contributed by atoms with Crippen LogP contribution in [0.1, 0.15) is 50.6 Å². The molecule has 1 fully saturated rings. The van der Waals surface area contributed by atoms with Gasteiger partial charge in [-0.2, -0.15) is 0 Å². The number of urea groups is 1. The minimum absolute atomic E-state index is 0.175. The Morgan fingerprint density at radius 1 is 1.07 bits per heavy atom. The van der Waals surface area contributed by atoms with E-state index in [9.17, 15) is 4.79 Å². The van der Waals surface area contributed by atoms with Crippen molar-refractivity contribution in [3.05, 3.63) is 60.3 Å². The smallest absolute Gasteiger partial charge is 0.321 e. The lowest BCUT2D eigenvalue weighted by molar-refractivity contribution is 0.244. The fraction of sp³-hybridized carbons (Fsp3) is 0.348. The summed E-state index contributed by atoms with van der Waals surface area (Å²) >= 11 is 0. The van der Waals surface area contributed by atoms with Gasteiger partial charge in [-0.15, -0.1) is 0 Å². The van der Waals surface area contributed by atoms with Gasteiger partial charge >= 0.3 is 6.03 Å². The number of hydrogen-bond acceptors (Lipinski definition) is 4. The minimum atomic E-state index is -0.233. The van der Waals surface area contributed by atoms with Crippen LogP contribution in [0.4, 0.5) is 16.4 Å². The first-order chi connectivity index (χ1) is 14.2. The third kappa shape index (κ3) is 5.02. The van der Waals surface area contributed by atoms with Crippen LogP contribution in [-0.2, 0) is 0 Å². The van der Waals surface area contributed by atoms with Crippen molar-refractivity contribution in [2.45, 2.75) is 51.1 Å². The molecule has 150 valence electrons. The van der Waals surface area contributed by atoms with Crippen LogP contribution < -0.4 is 16.0 Å². The van der Waals surface area contributed by atoms with Gasteiger partial charge in [0.2, 0.25) is 5.95 Å². The Kier molecular flexibility index (Phi) is 5.89. The lowest BCUT2D eigenvalue weighted by atomic mass is 9.96. The van der Waals surface area contributed by atoms with Gasteiger partial charge in [0.25, 0.3) is 0 Å². The SMILES string of the molecule is CC(Nc1ccc2cnc(NC(=O)NC3CCCCC3)nc2c1)c1ccccc1. The molecule has 0 aliphatic heterocycles. The molecule has 1 unspecified atom stereocenters. The molecule has 1 aromatic heterocycles. The molecule has 0 radical (unpaired) electrons.